The van der Waals surface area contributed by atoms with E-state index in [1.54, 1.807) is 33.3 Å². The maximum atomic E-state index is 12.9. The number of aromatic nitrogens is 2. The molecule has 2 rings (SSSR count). The number of benzene rings is 1. The summed E-state index contributed by atoms with van der Waals surface area (Å²) in [5.74, 6) is 2.32. The van der Waals surface area contributed by atoms with Gasteiger partial charge >= 0.3 is 0 Å². The Hall–Kier alpha value is -2.83. The van der Waals surface area contributed by atoms with Crippen LogP contribution in [0.3, 0.4) is 0 Å². The van der Waals surface area contributed by atoms with E-state index in [9.17, 15) is 4.79 Å². The van der Waals surface area contributed by atoms with Crippen LogP contribution in [0.15, 0.2) is 24.3 Å². The quantitative estimate of drug-likeness (QED) is 0.721. The molecule has 0 unspecified atom stereocenters. The number of ether oxygens (including phenoxy) is 2. The molecular formula is C20H28N4O3. The normalized spacial score (nSPS) is 10.4. The Morgan fingerprint density at radius 3 is 2.37 bits per heavy atom. The van der Waals surface area contributed by atoms with E-state index in [0.717, 1.165) is 18.5 Å². The zero-order valence-electron chi connectivity index (χ0n) is 16.7. The van der Waals surface area contributed by atoms with Crippen LogP contribution in [-0.4, -0.2) is 48.1 Å². The summed E-state index contributed by atoms with van der Waals surface area (Å²) >= 11 is 0. The molecule has 1 aromatic carbocycles. The molecule has 1 N–H and O–H groups in total. The highest BCUT2D eigenvalue weighted by atomic mass is 16.5. The molecule has 0 saturated heterocycles. The maximum Gasteiger partial charge on any atom is 0.272 e. The third kappa shape index (κ3) is 5.32. The second-order valence-corrected chi connectivity index (χ2v) is 6.17. The second kappa shape index (κ2) is 9.75. The number of amides is 1. The minimum Gasteiger partial charge on any atom is -0.497 e. The van der Waals surface area contributed by atoms with Gasteiger partial charge in [-0.2, -0.15) is 0 Å². The maximum absolute atomic E-state index is 12.9. The molecule has 0 atom stereocenters. The van der Waals surface area contributed by atoms with Gasteiger partial charge < -0.3 is 19.7 Å². The summed E-state index contributed by atoms with van der Waals surface area (Å²) < 4.78 is 10.6. The molecule has 0 bridgehead atoms. The number of rotatable bonds is 9. The average Bonchev–Trinajstić information content (AvgIpc) is 2.67. The third-order valence-electron chi connectivity index (χ3n) is 4.00. The number of carbonyl (C=O) groups is 1. The number of anilines is 2. The van der Waals surface area contributed by atoms with E-state index in [4.69, 9.17) is 9.47 Å². The molecule has 0 aliphatic heterocycles. The zero-order chi connectivity index (χ0) is 19.8. The van der Waals surface area contributed by atoms with Gasteiger partial charge in [0.15, 0.2) is 0 Å². The predicted octanol–water partition coefficient (Wildman–Crippen LogP) is 3.81. The molecule has 146 valence electrons. The highest BCUT2D eigenvalue weighted by molar-refractivity contribution is 5.93. The van der Waals surface area contributed by atoms with E-state index in [1.165, 1.54) is 0 Å². The number of aryl methyl sites for hydroxylation is 1. The number of nitrogens with one attached hydrogen (secondary N) is 1. The van der Waals surface area contributed by atoms with Crippen molar-refractivity contribution in [2.45, 2.75) is 33.6 Å². The van der Waals surface area contributed by atoms with Crippen LogP contribution in [0.4, 0.5) is 11.5 Å². The van der Waals surface area contributed by atoms with Gasteiger partial charge in [0.1, 0.15) is 28.8 Å². The van der Waals surface area contributed by atoms with Crippen molar-refractivity contribution in [3.05, 3.63) is 35.8 Å². The fourth-order valence-corrected chi connectivity index (χ4v) is 2.80. The standard InChI is InChI=1S/C20H28N4O3/c1-6-10-24(11-7-2)20(25)17-13-19(22-14(3)21-17)23-16-9-8-15(26-4)12-18(16)27-5/h8-9,12-13H,6-7,10-11H2,1-5H3,(H,21,22,23). The van der Waals surface area contributed by atoms with Crippen molar-refractivity contribution in [3.63, 3.8) is 0 Å². The fraction of sp³-hybridized carbons (Fsp3) is 0.450. The number of hydrogen-bond donors (Lipinski definition) is 1. The molecule has 27 heavy (non-hydrogen) atoms. The molecular weight excluding hydrogens is 344 g/mol. The molecule has 0 saturated carbocycles. The first-order chi connectivity index (χ1) is 13.0. The van der Waals surface area contributed by atoms with Crippen LogP contribution in [0.5, 0.6) is 11.5 Å². The molecule has 1 amide bonds. The summed E-state index contributed by atoms with van der Waals surface area (Å²) in [4.78, 5) is 23.4. The number of methoxy groups -OCH3 is 2. The Labute approximate surface area is 160 Å². The molecule has 1 heterocycles. The lowest BCUT2D eigenvalue weighted by Gasteiger charge is -2.21. The Morgan fingerprint density at radius 2 is 1.78 bits per heavy atom. The molecule has 0 aliphatic carbocycles. The molecule has 0 spiro atoms. The largest absolute Gasteiger partial charge is 0.497 e. The lowest BCUT2D eigenvalue weighted by Crippen LogP contribution is -2.33. The van der Waals surface area contributed by atoms with Crippen molar-refractivity contribution < 1.29 is 14.3 Å². The lowest BCUT2D eigenvalue weighted by molar-refractivity contribution is 0.0749. The molecule has 1 aromatic heterocycles. The minimum atomic E-state index is -0.0751. The van der Waals surface area contributed by atoms with Crippen LogP contribution in [0.1, 0.15) is 43.0 Å². The first-order valence-corrected chi connectivity index (χ1v) is 9.16. The molecule has 0 aliphatic rings. The van der Waals surface area contributed by atoms with Gasteiger partial charge in [0, 0.05) is 25.2 Å². The van der Waals surface area contributed by atoms with E-state index in [1.807, 2.05) is 17.0 Å². The van der Waals surface area contributed by atoms with Gasteiger partial charge in [-0.3, -0.25) is 4.79 Å². The first kappa shape index (κ1) is 20.5. The van der Waals surface area contributed by atoms with Crippen LogP contribution in [0.25, 0.3) is 0 Å². The van der Waals surface area contributed by atoms with Gasteiger partial charge in [-0.05, 0) is 31.9 Å². The number of nitrogens with zero attached hydrogens (tertiary/aromatic N) is 3. The van der Waals surface area contributed by atoms with E-state index in [2.05, 4.69) is 29.1 Å². The van der Waals surface area contributed by atoms with Crippen molar-refractivity contribution >= 4 is 17.4 Å². The summed E-state index contributed by atoms with van der Waals surface area (Å²) in [5, 5.41) is 3.21. The van der Waals surface area contributed by atoms with Crippen LogP contribution in [0.2, 0.25) is 0 Å². The summed E-state index contributed by atoms with van der Waals surface area (Å²) in [6, 6.07) is 7.14. The zero-order valence-corrected chi connectivity index (χ0v) is 16.7. The van der Waals surface area contributed by atoms with E-state index in [0.29, 0.717) is 41.9 Å². The highest BCUT2D eigenvalue weighted by Crippen LogP contribution is 2.31. The van der Waals surface area contributed by atoms with Crippen LogP contribution in [0, 0.1) is 6.92 Å². The number of hydrogen-bond acceptors (Lipinski definition) is 6. The Morgan fingerprint density at radius 1 is 1.07 bits per heavy atom. The van der Waals surface area contributed by atoms with Gasteiger partial charge in [0.2, 0.25) is 0 Å². The molecule has 0 radical (unpaired) electrons. The fourth-order valence-electron chi connectivity index (χ4n) is 2.80. The minimum absolute atomic E-state index is 0.0751. The third-order valence-corrected chi connectivity index (χ3v) is 4.00. The SMILES string of the molecule is CCCN(CCC)C(=O)c1cc(Nc2ccc(OC)cc2OC)nc(C)n1. The Kier molecular flexibility index (Phi) is 7.40. The van der Waals surface area contributed by atoms with Crippen molar-refractivity contribution in [2.75, 3.05) is 32.6 Å². The number of carbonyl (C=O) groups excluding carboxylic acids is 1. The predicted molar refractivity (Wildman–Crippen MR) is 106 cm³/mol. The molecule has 7 nitrogen and oxygen atoms in total. The van der Waals surface area contributed by atoms with E-state index >= 15 is 0 Å². The first-order valence-electron chi connectivity index (χ1n) is 9.16. The summed E-state index contributed by atoms with van der Waals surface area (Å²) in [6.45, 7) is 7.32. The Balaban J connectivity index is 2.31. The van der Waals surface area contributed by atoms with E-state index < -0.39 is 0 Å². The van der Waals surface area contributed by atoms with Gasteiger partial charge in [-0.15, -0.1) is 0 Å². The second-order valence-electron chi connectivity index (χ2n) is 6.17. The van der Waals surface area contributed by atoms with Crippen LogP contribution < -0.4 is 14.8 Å². The topological polar surface area (TPSA) is 76.6 Å². The van der Waals surface area contributed by atoms with Gasteiger partial charge in [0.05, 0.1) is 19.9 Å². The summed E-state index contributed by atoms with van der Waals surface area (Å²) in [5.41, 5.74) is 1.12. The van der Waals surface area contributed by atoms with Gasteiger partial charge in [0.25, 0.3) is 5.91 Å². The smallest absolute Gasteiger partial charge is 0.272 e. The van der Waals surface area contributed by atoms with Crippen LogP contribution >= 0.6 is 0 Å². The molecule has 7 heteroatoms. The van der Waals surface area contributed by atoms with Crippen molar-refractivity contribution in [1.29, 1.82) is 0 Å². The summed E-state index contributed by atoms with van der Waals surface area (Å²) in [7, 11) is 3.19. The molecule has 2 aromatic rings. The molecule has 0 fully saturated rings. The van der Waals surface area contributed by atoms with Crippen molar-refractivity contribution in [1.82, 2.24) is 14.9 Å². The summed E-state index contributed by atoms with van der Waals surface area (Å²) in [6.07, 6.45) is 1.81. The highest BCUT2D eigenvalue weighted by Gasteiger charge is 2.18. The monoisotopic (exact) mass is 372 g/mol. The Bertz CT molecular complexity index is 774. The van der Waals surface area contributed by atoms with Crippen molar-refractivity contribution in [2.24, 2.45) is 0 Å². The van der Waals surface area contributed by atoms with E-state index in [-0.39, 0.29) is 5.91 Å². The van der Waals surface area contributed by atoms with Crippen LogP contribution in [-0.2, 0) is 0 Å². The lowest BCUT2D eigenvalue weighted by atomic mass is 10.2. The van der Waals surface area contributed by atoms with Crippen molar-refractivity contribution in [3.8, 4) is 11.5 Å². The van der Waals surface area contributed by atoms with Gasteiger partial charge in [-0.25, -0.2) is 9.97 Å². The van der Waals surface area contributed by atoms with Gasteiger partial charge in [-0.1, -0.05) is 13.8 Å². The average molecular weight is 372 g/mol.